The number of benzene rings is 2. The van der Waals surface area contributed by atoms with E-state index in [4.69, 9.17) is 4.74 Å². The summed E-state index contributed by atoms with van der Waals surface area (Å²) in [6.07, 6.45) is -0.861. The third-order valence-electron chi connectivity index (χ3n) is 4.03. The summed E-state index contributed by atoms with van der Waals surface area (Å²) in [6, 6.07) is 9.91. The van der Waals surface area contributed by atoms with Crippen LogP contribution in [0.5, 0.6) is 11.5 Å². The Balaban J connectivity index is 1.93. The summed E-state index contributed by atoms with van der Waals surface area (Å²) in [6.45, 7) is 2.03. The van der Waals surface area contributed by atoms with Crippen LogP contribution in [0.3, 0.4) is 0 Å². The molecule has 3 rings (SSSR count). The molecule has 1 aliphatic heterocycles. The first kappa shape index (κ1) is 18.7. The number of carbonyl (C=O) groups excluding carboxylic acids is 2. The molecule has 0 bridgehead atoms. The zero-order valence-electron chi connectivity index (χ0n) is 14.4. The molecule has 0 unspecified atom stereocenters. The van der Waals surface area contributed by atoms with Crippen LogP contribution >= 0.6 is 0 Å². The molecule has 1 aliphatic rings. The molecule has 0 aliphatic carbocycles. The van der Waals surface area contributed by atoms with Crippen molar-refractivity contribution in [2.45, 2.75) is 25.9 Å². The van der Waals surface area contributed by atoms with Gasteiger partial charge in [0.25, 0.3) is 11.8 Å². The highest BCUT2D eigenvalue weighted by atomic mass is 19.4. The van der Waals surface area contributed by atoms with E-state index < -0.39 is 29.3 Å². The van der Waals surface area contributed by atoms with Gasteiger partial charge < -0.3 is 4.74 Å². The Morgan fingerprint density at radius 1 is 0.963 bits per heavy atom. The number of hydrogen-bond donors (Lipinski definition) is 0. The molecule has 27 heavy (non-hydrogen) atoms. The molecular formula is C20H16F3NO3. The third kappa shape index (κ3) is 4.02. The van der Waals surface area contributed by atoms with Gasteiger partial charge >= 0.3 is 6.18 Å². The number of rotatable bonds is 5. The molecule has 0 fully saturated rings. The Morgan fingerprint density at radius 3 is 2.15 bits per heavy atom. The van der Waals surface area contributed by atoms with E-state index in [9.17, 15) is 22.8 Å². The predicted molar refractivity (Wildman–Crippen MR) is 93.6 cm³/mol. The number of ether oxygens (including phenoxy) is 1. The van der Waals surface area contributed by atoms with Crippen LogP contribution in [0, 0.1) is 0 Å². The summed E-state index contributed by atoms with van der Waals surface area (Å²) in [4.78, 5) is 24.1. The average molecular weight is 375 g/mol. The van der Waals surface area contributed by atoms with E-state index in [1.807, 2.05) is 6.92 Å². The maximum Gasteiger partial charge on any atom is 0.420 e. The standard InChI is InChI=1S/C20H16F3NO3/c1-2-3-13-4-7-15(8-5-13)27-17-9-6-14(12-16(17)20(21,22)23)24-18(25)10-11-19(24)26/h4-12H,2-3H2,1H3. The van der Waals surface area contributed by atoms with Gasteiger partial charge in [-0.05, 0) is 42.3 Å². The Hall–Kier alpha value is -3.09. The normalized spacial score (nSPS) is 14.1. The fourth-order valence-corrected chi connectivity index (χ4v) is 2.76. The van der Waals surface area contributed by atoms with Gasteiger partial charge in [0, 0.05) is 12.2 Å². The summed E-state index contributed by atoms with van der Waals surface area (Å²) >= 11 is 0. The topological polar surface area (TPSA) is 46.6 Å². The molecular weight excluding hydrogens is 359 g/mol. The van der Waals surface area contributed by atoms with Gasteiger partial charge in [0.1, 0.15) is 17.1 Å². The predicted octanol–water partition coefficient (Wildman–Crippen LogP) is 4.88. The molecule has 2 amide bonds. The van der Waals surface area contributed by atoms with E-state index in [2.05, 4.69) is 0 Å². The minimum absolute atomic E-state index is 0.159. The van der Waals surface area contributed by atoms with Crippen molar-refractivity contribution in [3.05, 3.63) is 65.7 Å². The molecule has 2 aromatic rings. The molecule has 7 heteroatoms. The van der Waals surface area contributed by atoms with Crippen LogP contribution in [0.15, 0.2) is 54.6 Å². The first-order valence-corrected chi connectivity index (χ1v) is 8.34. The molecule has 1 heterocycles. The van der Waals surface area contributed by atoms with Crippen molar-refractivity contribution < 1.29 is 27.5 Å². The second-order valence-electron chi connectivity index (χ2n) is 6.02. The molecule has 0 N–H and O–H groups in total. The second kappa shape index (κ2) is 7.26. The number of nitrogens with zero attached hydrogens (tertiary/aromatic N) is 1. The zero-order valence-corrected chi connectivity index (χ0v) is 14.4. The molecule has 0 aromatic heterocycles. The summed E-state index contributed by atoms with van der Waals surface area (Å²) in [5, 5.41) is 0. The van der Waals surface area contributed by atoms with Gasteiger partial charge in [0.15, 0.2) is 0 Å². The smallest absolute Gasteiger partial charge is 0.420 e. The lowest BCUT2D eigenvalue weighted by Crippen LogP contribution is -2.29. The first-order valence-electron chi connectivity index (χ1n) is 8.34. The SMILES string of the molecule is CCCc1ccc(Oc2ccc(N3C(=O)C=CC3=O)cc2C(F)(F)F)cc1. The highest BCUT2D eigenvalue weighted by Crippen LogP contribution is 2.40. The summed E-state index contributed by atoms with van der Waals surface area (Å²) in [5.74, 6) is -1.51. The number of amides is 2. The minimum atomic E-state index is -4.72. The van der Waals surface area contributed by atoms with E-state index in [1.165, 1.54) is 6.07 Å². The Labute approximate surface area is 153 Å². The van der Waals surface area contributed by atoms with Gasteiger partial charge in [-0.1, -0.05) is 25.5 Å². The lowest BCUT2D eigenvalue weighted by molar-refractivity contribution is -0.138. The number of hydrogen-bond acceptors (Lipinski definition) is 3. The molecule has 4 nitrogen and oxygen atoms in total. The number of halogens is 3. The lowest BCUT2D eigenvalue weighted by atomic mass is 10.1. The number of alkyl halides is 3. The van der Waals surface area contributed by atoms with Crippen LogP contribution in [-0.2, 0) is 22.2 Å². The highest BCUT2D eigenvalue weighted by Gasteiger charge is 2.36. The van der Waals surface area contributed by atoms with Gasteiger partial charge in [-0.3, -0.25) is 9.59 Å². The summed E-state index contributed by atoms with van der Waals surface area (Å²) in [5.41, 5.74) is -0.159. The number of aryl methyl sites for hydroxylation is 1. The summed E-state index contributed by atoms with van der Waals surface area (Å²) < 4.78 is 45.9. The maximum atomic E-state index is 13.5. The molecule has 0 atom stereocenters. The fourth-order valence-electron chi connectivity index (χ4n) is 2.76. The van der Waals surface area contributed by atoms with E-state index >= 15 is 0 Å². The largest absolute Gasteiger partial charge is 0.457 e. The van der Waals surface area contributed by atoms with Gasteiger partial charge in [-0.25, -0.2) is 4.90 Å². The molecule has 0 radical (unpaired) electrons. The van der Waals surface area contributed by atoms with Crippen molar-refractivity contribution in [1.82, 2.24) is 0 Å². The number of carbonyl (C=O) groups is 2. The quantitative estimate of drug-likeness (QED) is 0.700. The van der Waals surface area contributed by atoms with E-state index in [0.29, 0.717) is 4.90 Å². The van der Waals surface area contributed by atoms with Crippen molar-refractivity contribution in [1.29, 1.82) is 0 Å². The molecule has 140 valence electrons. The molecule has 0 saturated carbocycles. The number of anilines is 1. The molecule has 2 aromatic carbocycles. The number of imide groups is 1. The Morgan fingerprint density at radius 2 is 1.59 bits per heavy atom. The monoisotopic (exact) mass is 375 g/mol. The fraction of sp³-hybridized carbons (Fsp3) is 0.200. The second-order valence-corrected chi connectivity index (χ2v) is 6.02. The van der Waals surface area contributed by atoms with Crippen LogP contribution in [-0.4, -0.2) is 11.8 Å². The van der Waals surface area contributed by atoms with Gasteiger partial charge in [0.05, 0.1) is 5.69 Å². The van der Waals surface area contributed by atoms with Crippen molar-refractivity contribution in [2.24, 2.45) is 0 Å². The first-order chi connectivity index (χ1) is 12.8. The molecule has 0 saturated heterocycles. The van der Waals surface area contributed by atoms with Crippen LogP contribution in [0.1, 0.15) is 24.5 Å². The van der Waals surface area contributed by atoms with E-state index in [1.54, 1.807) is 24.3 Å². The minimum Gasteiger partial charge on any atom is -0.457 e. The van der Waals surface area contributed by atoms with Gasteiger partial charge in [0.2, 0.25) is 0 Å². The van der Waals surface area contributed by atoms with Crippen LogP contribution in [0.25, 0.3) is 0 Å². The van der Waals surface area contributed by atoms with E-state index in [-0.39, 0.29) is 11.4 Å². The lowest BCUT2D eigenvalue weighted by Gasteiger charge is -2.19. The highest BCUT2D eigenvalue weighted by molar-refractivity contribution is 6.28. The van der Waals surface area contributed by atoms with Crippen molar-refractivity contribution in [3.63, 3.8) is 0 Å². The zero-order chi connectivity index (χ0) is 19.6. The third-order valence-corrected chi connectivity index (χ3v) is 4.03. The maximum absolute atomic E-state index is 13.5. The Bertz CT molecular complexity index is 884. The van der Waals surface area contributed by atoms with Crippen LogP contribution in [0.2, 0.25) is 0 Å². The summed E-state index contributed by atoms with van der Waals surface area (Å²) in [7, 11) is 0. The van der Waals surface area contributed by atoms with Gasteiger partial charge in [-0.2, -0.15) is 13.2 Å². The van der Waals surface area contributed by atoms with Crippen LogP contribution < -0.4 is 9.64 Å². The van der Waals surface area contributed by atoms with Crippen molar-refractivity contribution in [3.8, 4) is 11.5 Å². The van der Waals surface area contributed by atoms with Crippen LogP contribution in [0.4, 0.5) is 18.9 Å². The van der Waals surface area contributed by atoms with E-state index in [0.717, 1.165) is 42.7 Å². The Kier molecular flexibility index (Phi) is 5.03. The molecule has 0 spiro atoms. The van der Waals surface area contributed by atoms with Crippen molar-refractivity contribution in [2.75, 3.05) is 4.90 Å². The average Bonchev–Trinajstić information content (AvgIpc) is 2.95. The van der Waals surface area contributed by atoms with Gasteiger partial charge in [-0.15, -0.1) is 0 Å². The van der Waals surface area contributed by atoms with Crippen molar-refractivity contribution >= 4 is 17.5 Å².